The maximum absolute atomic E-state index is 12.9. The fourth-order valence-electron chi connectivity index (χ4n) is 3.60. The summed E-state index contributed by atoms with van der Waals surface area (Å²) in [5, 5.41) is 0. The Morgan fingerprint density at radius 3 is 2.67 bits per heavy atom. The summed E-state index contributed by atoms with van der Waals surface area (Å²) in [7, 11) is 0. The lowest BCUT2D eigenvalue weighted by atomic mass is 9.87. The number of ketones is 1. The van der Waals surface area contributed by atoms with Gasteiger partial charge in [0.25, 0.3) is 0 Å². The zero-order chi connectivity index (χ0) is 16.5. The Balaban J connectivity index is 1.83. The normalized spacial score (nSPS) is 16.6. The molecular weight excluding hydrogens is 316 g/mol. The van der Waals surface area contributed by atoms with Crippen molar-refractivity contribution < 1.29 is 4.79 Å². The van der Waals surface area contributed by atoms with E-state index in [0.29, 0.717) is 16.0 Å². The van der Waals surface area contributed by atoms with Crippen LogP contribution in [0.15, 0.2) is 60.8 Å². The maximum atomic E-state index is 12.9. The number of nitrogens with zero attached hydrogens (tertiary/aromatic N) is 1. The van der Waals surface area contributed by atoms with Gasteiger partial charge < -0.3 is 9.55 Å². The predicted octanol–water partition coefficient (Wildman–Crippen LogP) is 4.70. The number of hydrogen-bond donors (Lipinski definition) is 1. The number of imidazole rings is 1. The number of carbonyl (C=O) groups is 1. The molecule has 1 unspecified atom stereocenters. The van der Waals surface area contributed by atoms with Gasteiger partial charge in [0, 0.05) is 11.8 Å². The van der Waals surface area contributed by atoms with Gasteiger partial charge in [0.1, 0.15) is 5.69 Å². The average Bonchev–Trinajstić information content (AvgIpc) is 3.02. The molecule has 0 amide bonds. The molecule has 4 heteroatoms. The van der Waals surface area contributed by atoms with Gasteiger partial charge in [0.15, 0.2) is 4.77 Å². The van der Waals surface area contributed by atoms with Gasteiger partial charge in [-0.25, -0.2) is 0 Å². The number of hydrogen-bond acceptors (Lipinski definition) is 2. The van der Waals surface area contributed by atoms with Crippen LogP contribution < -0.4 is 0 Å². The molecule has 0 spiro atoms. The number of carbonyl (C=O) groups excluding carboxylic acids is 1. The summed E-state index contributed by atoms with van der Waals surface area (Å²) in [4.78, 5) is 16.0. The summed E-state index contributed by atoms with van der Waals surface area (Å²) in [6, 6.07) is 18.0. The van der Waals surface area contributed by atoms with Crippen LogP contribution in [-0.2, 0) is 6.42 Å². The van der Waals surface area contributed by atoms with Gasteiger partial charge in [-0.1, -0.05) is 54.6 Å². The van der Waals surface area contributed by atoms with E-state index < -0.39 is 0 Å². The van der Waals surface area contributed by atoms with Crippen LogP contribution >= 0.6 is 12.2 Å². The lowest BCUT2D eigenvalue weighted by molar-refractivity contribution is 0.102. The monoisotopic (exact) mass is 334 g/mol. The van der Waals surface area contributed by atoms with E-state index in [1.807, 2.05) is 34.9 Å². The van der Waals surface area contributed by atoms with E-state index in [1.165, 1.54) is 11.1 Å². The third kappa shape index (κ3) is 2.53. The highest BCUT2D eigenvalue weighted by atomic mass is 32.1. The van der Waals surface area contributed by atoms with E-state index in [4.69, 9.17) is 12.2 Å². The summed E-state index contributed by atoms with van der Waals surface area (Å²) in [6.07, 6.45) is 4.94. The third-order valence-electron chi connectivity index (χ3n) is 4.73. The van der Waals surface area contributed by atoms with Crippen LogP contribution in [0.2, 0.25) is 0 Å². The first kappa shape index (κ1) is 15.1. The van der Waals surface area contributed by atoms with Crippen molar-refractivity contribution in [3.05, 3.63) is 87.9 Å². The number of aromatic nitrogens is 2. The van der Waals surface area contributed by atoms with Crippen LogP contribution in [0.1, 0.15) is 46.1 Å². The number of H-pyrrole nitrogens is 1. The molecule has 1 N–H and O–H groups in total. The van der Waals surface area contributed by atoms with Crippen molar-refractivity contribution >= 4 is 18.0 Å². The van der Waals surface area contributed by atoms with Crippen LogP contribution in [0.5, 0.6) is 0 Å². The summed E-state index contributed by atoms with van der Waals surface area (Å²) in [6.45, 7) is 0. The molecule has 3 nitrogen and oxygen atoms in total. The molecule has 0 aliphatic heterocycles. The molecule has 1 aliphatic rings. The summed E-state index contributed by atoms with van der Waals surface area (Å²) in [5.41, 5.74) is 3.95. The van der Waals surface area contributed by atoms with Crippen LogP contribution in [0.3, 0.4) is 0 Å². The highest BCUT2D eigenvalue weighted by Crippen LogP contribution is 2.34. The summed E-state index contributed by atoms with van der Waals surface area (Å²) >= 11 is 5.51. The van der Waals surface area contributed by atoms with Gasteiger partial charge in [0.2, 0.25) is 5.78 Å². The first-order chi connectivity index (χ1) is 11.8. The van der Waals surface area contributed by atoms with Gasteiger partial charge >= 0.3 is 0 Å². The van der Waals surface area contributed by atoms with Crippen LogP contribution in [0.4, 0.5) is 0 Å². The quantitative estimate of drug-likeness (QED) is 0.557. The predicted molar refractivity (Wildman–Crippen MR) is 97.0 cm³/mol. The molecule has 1 aromatic heterocycles. The van der Waals surface area contributed by atoms with Crippen molar-refractivity contribution in [2.75, 3.05) is 0 Å². The molecule has 0 fully saturated rings. The molecule has 1 aliphatic carbocycles. The summed E-state index contributed by atoms with van der Waals surface area (Å²) in [5.74, 6) is 0.00556. The molecule has 0 bridgehead atoms. The minimum Gasteiger partial charge on any atom is -0.337 e. The Bertz CT molecular complexity index is 940. The highest BCUT2D eigenvalue weighted by molar-refractivity contribution is 7.71. The number of aryl methyl sites for hydroxylation is 1. The van der Waals surface area contributed by atoms with Crippen molar-refractivity contribution in [3.8, 4) is 0 Å². The lowest BCUT2D eigenvalue weighted by Gasteiger charge is -2.27. The average molecular weight is 334 g/mol. The molecule has 2 aromatic carbocycles. The van der Waals surface area contributed by atoms with Gasteiger partial charge in [0.05, 0.1) is 6.04 Å². The topological polar surface area (TPSA) is 37.8 Å². The van der Waals surface area contributed by atoms with Gasteiger partial charge in [-0.15, -0.1) is 0 Å². The second kappa shape index (κ2) is 6.21. The van der Waals surface area contributed by atoms with Crippen molar-refractivity contribution in [2.45, 2.75) is 25.3 Å². The van der Waals surface area contributed by atoms with E-state index in [1.54, 1.807) is 6.20 Å². The Kier molecular flexibility index (Phi) is 3.90. The first-order valence-corrected chi connectivity index (χ1v) is 8.64. The van der Waals surface area contributed by atoms with Gasteiger partial charge in [-0.3, -0.25) is 4.79 Å². The van der Waals surface area contributed by atoms with Crippen molar-refractivity contribution in [1.82, 2.24) is 9.55 Å². The molecule has 120 valence electrons. The lowest BCUT2D eigenvalue weighted by Crippen LogP contribution is -2.21. The first-order valence-electron chi connectivity index (χ1n) is 8.23. The Labute approximate surface area is 146 Å². The smallest absolute Gasteiger partial charge is 0.210 e. The molecule has 3 aromatic rings. The van der Waals surface area contributed by atoms with Gasteiger partial charge in [-0.05, 0) is 42.6 Å². The number of nitrogens with one attached hydrogen (secondary N) is 1. The second-order valence-electron chi connectivity index (χ2n) is 6.15. The molecule has 1 atom stereocenters. The minimum absolute atomic E-state index is 0.00556. The molecule has 1 heterocycles. The van der Waals surface area contributed by atoms with Crippen LogP contribution in [0.25, 0.3) is 0 Å². The van der Waals surface area contributed by atoms with E-state index in [-0.39, 0.29) is 11.8 Å². The van der Waals surface area contributed by atoms with E-state index in [0.717, 1.165) is 19.3 Å². The highest BCUT2D eigenvalue weighted by Gasteiger charge is 2.26. The van der Waals surface area contributed by atoms with Crippen molar-refractivity contribution in [3.63, 3.8) is 0 Å². The van der Waals surface area contributed by atoms with Crippen LogP contribution in [0, 0.1) is 4.77 Å². The fraction of sp³-hybridized carbons (Fsp3) is 0.200. The largest absolute Gasteiger partial charge is 0.337 e. The molecular formula is C20H18N2OS. The molecule has 0 radical (unpaired) electrons. The Morgan fingerprint density at radius 1 is 1.08 bits per heavy atom. The molecule has 4 rings (SSSR count). The Morgan fingerprint density at radius 2 is 1.83 bits per heavy atom. The van der Waals surface area contributed by atoms with E-state index in [2.05, 4.69) is 29.2 Å². The summed E-state index contributed by atoms with van der Waals surface area (Å²) < 4.78 is 2.61. The minimum atomic E-state index is 0.00556. The van der Waals surface area contributed by atoms with Crippen molar-refractivity contribution in [2.24, 2.45) is 0 Å². The standard InChI is InChI=1S/C20H18N2OS/c23-19(15-8-2-1-3-9-15)18-13-21-20(24)22(18)17-12-6-10-14-7-4-5-11-16(14)17/h1-5,7-9,11,13,17H,6,10,12H2,(H,21,24). The van der Waals surface area contributed by atoms with E-state index >= 15 is 0 Å². The zero-order valence-corrected chi connectivity index (χ0v) is 14.1. The zero-order valence-electron chi connectivity index (χ0n) is 13.2. The van der Waals surface area contributed by atoms with Crippen molar-refractivity contribution in [1.29, 1.82) is 0 Å². The number of aromatic amines is 1. The maximum Gasteiger partial charge on any atom is 0.210 e. The number of fused-ring (bicyclic) bond motifs is 1. The van der Waals surface area contributed by atoms with Crippen LogP contribution in [-0.4, -0.2) is 15.3 Å². The van der Waals surface area contributed by atoms with Gasteiger partial charge in [-0.2, -0.15) is 0 Å². The molecule has 24 heavy (non-hydrogen) atoms. The fourth-order valence-corrected chi connectivity index (χ4v) is 3.88. The SMILES string of the molecule is O=C(c1ccccc1)c1c[nH]c(=S)n1C1CCCc2ccccc21. The number of rotatable bonds is 3. The van der Waals surface area contributed by atoms with E-state index in [9.17, 15) is 4.79 Å². The second-order valence-corrected chi connectivity index (χ2v) is 6.54. The molecule has 0 saturated heterocycles. The Hall–Kier alpha value is -2.46. The third-order valence-corrected chi connectivity index (χ3v) is 5.04. The number of benzene rings is 2. The molecule has 0 saturated carbocycles.